The van der Waals surface area contributed by atoms with Gasteiger partial charge in [-0.3, -0.25) is 14.2 Å². The number of nitrogens with one attached hydrogen (secondary N) is 3. The molecule has 9 nitrogen and oxygen atoms in total. The molecule has 0 bridgehead atoms. The van der Waals surface area contributed by atoms with Gasteiger partial charge >= 0.3 is 0 Å². The van der Waals surface area contributed by atoms with Crippen molar-refractivity contribution in [2.75, 3.05) is 11.3 Å². The van der Waals surface area contributed by atoms with E-state index < -0.39 is 16.1 Å². The highest BCUT2D eigenvalue weighted by atomic mass is 35.5. The van der Waals surface area contributed by atoms with E-state index in [0.29, 0.717) is 34.5 Å². The molecule has 1 aliphatic heterocycles. The van der Waals surface area contributed by atoms with E-state index in [9.17, 15) is 13.2 Å². The summed E-state index contributed by atoms with van der Waals surface area (Å²) in [6.45, 7) is 0.528. The highest BCUT2D eigenvalue weighted by molar-refractivity contribution is 7.92. The van der Waals surface area contributed by atoms with Gasteiger partial charge < -0.3 is 10.3 Å². The third-order valence-corrected chi connectivity index (χ3v) is 6.01. The molecule has 1 amide bonds. The van der Waals surface area contributed by atoms with Crippen molar-refractivity contribution in [3.63, 3.8) is 0 Å². The third kappa shape index (κ3) is 2.90. The number of anilines is 1. The van der Waals surface area contributed by atoms with Crippen molar-refractivity contribution in [3.8, 4) is 6.07 Å². The first-order valence-electron chi connectivity index (χ1n) is 7.95. The topological polar surface area (TPSA) is 133 Å². The lowest BCUT2D eigenvalue weighted by molar-refractivity contribution is -0.122. The zero-order chi connectivity index (χ0) is 19.2. The summed E-state index contributed by atoms with van der Waals surface area (Å²) in [5.41, 5.74) is 0.976. The zero-order valence-corrected chi connectivity index (χ0v) is 15.3. The smallest absolute Gasteiger partial charge is 0.265 e. The van der Waals surface area contributed by atoms with Gasteiger partial charge in [-0.05, 0) is 18.6 Å². The molecule has 2 aromatic heterocycles. The number of sulfonamides is 1. The molecule has 138 valence electrons. The van der Waals surface area contributed by atoms with Crippen LogP contribution in [0.4, 0.5) is 5.69 Å². The SMILES string of the molecule is N#Cc1c[nH]c2c(NS(=O)(=O)c3cnn(C4CCNC4=O)c3)ccc(Cl)c12. The maximum atomic E-state index is 12.7. The maximum absolute atomic E-state index is 12.7. The molecule has 1 saturated heterocycles. The molecule has 4 rings (SSSR count). The van der Waals surface area contributed by atoms with Crippen molar-refractivity contribution >= 4 is 44.1 Å². The van der Waals surface area contributed by atoms with Gasteiger partial charge in [-0.1, -0.05) is 11.6 Å². The number of fused-ring (bicyclic) bond motifs is 1. The Hall–Kier alpha value is -3.03. The standard InChI is InChI=1S/C16H13ClN6O3S/c17-11-1-2-12(15-14(11)9(5-18)6-20-15)22-27(25,26)10-7-21-23(8-10)13-3-4-19-16(13)24/h1-2,6-8,13,20,22H,3-4H2,(H,19,24). The van der Waals surface area contributed by atoms with E-state index in [1.165, 1.54) is 35.4 Å². The van der Waals surface area contributed by atoms with Crippen molar-refractivity contribution in [2.24, 2.45) is 0 Å². The molecule has 1 fully saturated rings. The van der Waals surface area contributed by atoms with E-state index in [2.05, 4.69) is 20.1 Å². The number of hydrogen-bond donors (Lipinski definition) is 3. The molecule has 0 radical (unpaired) electrons. The fraction of sp³-hybridized carbons (Fsp3) is 0.188. The summed E-state index contributed by atoms with van der Waals surface area (Å²) in [6.07, 6.45) is 4.52. The normalized spacial score (nSPS) is 17.0. The minimum Gasteiger partial charge on any atom is -0.358 e. The first-order valence-corrected chi connectivity index (χ1v) is 9.81. The fourth-order valence-electron chi connectivity index (χ4n) is 3.05. The van der Waals surface area contributed by atoms with E-state index >= 15 is 0 Å². The number of aromatic nitrogens is 3. The van der Waals surface area contributed by atoms with Crippen molar-refractivity contribution in [2.45, 2.75) is 17.4 Å². The molecule has 27 heavy (non-hydrogen) atoms. The van der Waals surface area contributed by atoms with Crippen molar-refractivity contribution < 1.29 is 13.2 Å². The number of carbonyl (C=O) groups is 1. The van der Waals surface area contributed by atoms with Crippen LogP contribution in [0.5, 0.6) is 0 Å². The van der Waals surface area contributed by atoms with Crippen LogP contribution in [0, 0.1) is 11.3 Å². The number of nitrogens with zero attached hydrogens (tertiary/aromatic N) is 3. The number of rotatable bonds is 4. The Morgan fingerprint density at radius 2 is 2.22 bits per heavy atom. The van der Waals surface area contributed by atoms with E-state index in [1.807, 2.05) is 6.07 Å². The molecule has 1 aromatic carbocycles. The van der Waals surface area contributed by atoms with Gasteiger partial charge in [0.15, 0.2) is 0 Å². The molecular formula is C16H13ClN6O3S. The summed E-state index contributed by atoms with van der Waals surface area (Å²) in [4.78, 5) is 14.6. The number of hydrogen-bond acceptors (Lipinski definition) is 5. The van der Waals surface area contributed by atoms with Crippen LogP contribution in [-0.4, -0.2) is 35.6 Å². The Morgan fingerprint density at radius 3 is 2.93 bits per heavy atom. The molecule has 1 atom stereocenters. The van der Waals surface area contributed by atoms with E-state index in [0.717, 1.165) is 0 Å². The van der Waals surface area contributed by atoms with Crippen LogP contribution in [0.25, 0.3) is 10.9 Å². The van der Waals surface area contributed by atoms with Gasteiger partial charge in [-0.2, -0.15) is 10.4 Å². The number of amides is 1. The fourth-order valence-corrected chi connectivity index (χ4v) is 4.32. The first kappa shape index (κ1) is 17.4. The van der Waals surface area contributed by atoms with Gasteiger partial charge in [-0.25, -0.2) is 8.42 Å². The molecule has 0 spiro atoms. The van der Waals surface area contributed by atoms with Crippen molar-refractivity contribution in [1.29, 1.82) is 5.26 Å². The van der Waals surface area contributed by atoms with Gasteiger partial charge in [0.2, 0.25) is 5.91 Å². The number of H-pyrrole nitrogens is 1. The second-order valence-electron chi connectivity index (χ2n) is 6.02. The van der Waals surface area contributed by atoms with Crippen LogP contribution in [-0.2, 0) is 14.8 Å². The summed E-state index contributed by atoms with van der Waals surface area (Å²) in [6, 6.07) is 4.52. The maximum Gasteiger partial charge on any atom is 0.265 e. The van der Waals surface area contributed by atoms with E-state index in [4.69, 9.17) is 16.9 Å². The summed E-state index contributed by atoms with van der Waals surface area (Å²) in [5.74, 6) is -0.190. The van der Waals surface area contributed by atoms with E-state index in [-0.39, 0.29) is 16.5 Å². The van der Waals surface area contributed by atoms with Crippen LogP contribution in [0.2, 0.25) is 5.02 Å². The molecule has 3 aromatic rings. The minimum atomic E-state index is -3.95. The number of aromatic amines is 1. The summed E-state index contributed by atoms with van der Waals surface area (Å²) in [5, 5.41) is 16.6. The second-order valence-corrected chi connectivity index (χ2v) is 8.11. The Labute approximate surface area is 159 Å². The van der Waals surface area contributed by atoms with Gasteiger partial charge in [0.05, 0.1) is 28.0 Å². The predicted octanol–water partition coefficient (Wildman–Crippen LogP) is 1.75. The zero-order valence-electron chi connectivity index (χ0n) is 13.7. The van der Waals surface area contributed by atoms with Crippen molar-refractivity contribution in [1.82, 2.24) is 20.1 Å². The summed E-state index contributed by atoms with van der Waals surface area (Å²) in [7, 11) is -3.95. The van der Waals surface area contributed by atoms with Gasteiger partial charge in [-0.15, -0.1) is 0 Å². The van der Waals surface area contributed by atoms with Crippen molar-refractivity contribution in [3.05, 3.63) is 41.3 Å². The lowest BCUT2D eigenvalue weighted by Gasteiger charge is -2.09. The second kappa shape index (κ2) is 6.29. The molecule has 0 aliphatic carbocycles. The molecular weight excluding hydrogens is 392 g/mol. The van der Waals surface area contributed by atoms with Gasteiger partial charge in [0.25, 0.3) is 10.0 Å². The molecule has 3 heterocycles. The summed E-state index contributed by atoms with van der Waals surface area (Å²) >= 11 is 6.13. The van der Waals surface area contributed by atoms with Crippen LogP contribution < -0.4 is 10.0 Å². The Bertz CT molecular complexity index is 1210. The third-order valence-electron chi connectivity index (χ3n) is 4.38. The largest absolute Gasteiger partial charge is 0.358 e. The Morgan fingerprint density at radius 1 is 1.41 bits per heavy atom. The molecule has 3 N–H and O–H groups in total. The van der Waals surface area contributed by atoms with E-state index in [1.54, 1.807) is 0 Å². The number of halogens is 1. The van der Waals surface area contributed by atoms with Gasteiger partial charge in [0, 0.05) is 24.3 Å². The predicted molar refractivity (Wildman–Crippen MR) is 97.7 cm³/mol. The highest BCUT2D eigenvalue weighted by Crippen LogP contribution is 2.33. The Kier molecular flexibility index (Phi) is 4.05. The monoisotopic (exact) mass is 404 g/mol. The molecule has 11 heteroatoms. The number of nitriles is 1. The molecule has 1 unspecified atom stereocenters. The Balaban J connectivity index is 1.69. The van der Waals surface area contributed by atoms with Crippen LogP contribution in [0.3, 0.4) is 0 Å². The van der Waals surface area contributed by atoms with Gasteiger partial charge in [0.1, 0.15) is 17.0 Å². The molecule has 1 aliphatic rings. The minimum absolute atomic E-state index is 0.0719. The average molecular weight is 405 g/mol. The lowest BCUT2D eigenvalue weighted by Crippen LogP contribution is -2.22. The quantitative estimate of drug-likeness (QED) is 0.609. The van der Waals surface area contributed by atoms with Crippen LogP contribution in [0.15, 0.2) is 35.6 Å². The van der Waals surface area contributed by atoms with Crippen LogP contribution >= 0.6 is 11.6 Å². The van der Waals surface area contributed by atoms with Crippen LogP contribution in [0.1, 0.15) is 18.0 Å². The molecule has 0 saturated carbocycles. The number of carbonyl (C=O) groups excluding carboxylic acids is 1. The number of benzene rings is 1. The first-order chi connectivity index (χ1) is 12.9. The highest BCUT2D eigenvalue weighted by Gasteiger charge is 2.28. The average Bonchev–Trinajstić information content (AvgIpc) is 3.35. The summed E-state index contributed by atoms with van der Waals surface area (Å²) < 4.78 is 29.3. The lowest BCUT2D eigenvalue weighted by atomic mass is 10.1.